The summed E-state index contributed by atoms with van der Waals surface area (Å²) >= 11 is 0. The van der Waals surface area contributed by atoms with Gasteiger partial charge in [-0.3, -0.25) is 0 Å². The van der Waals surface area contributed by atoms with E-state index < -0.39 is 0 Å². The van der Waals surface area contributed by atoms with Gasteiger partial charge in [-0.2, -0.15) is 0 Å². The number of phenols is 1. The monoisotopic (exact) mass is 430 g/mol. The van der Waals surface area contributed by atoms with Crippen molar-refractivity contribution in [3.63, 3.8) is 0 Å². The number of aromatic hydroxyl groups is 1. The minimum Gasteiger partial charge on any atom is -0.502 e. The highest BCUT2D eigenvalue weighted by Gasteiger charge is 2.31. The summed E-state index contributed by atoms with van der Waals surface area (Å²) in [6.07, 6.45) is 2.25. The van der Waals surface area contributed by atoms with Gasteiger partial charge in [0.05, 0.1) is 42.2 Å². The molecule has 8 nitrogen and oxygen atoms in total. The number of hydrogen-bond donors (Lipinski definition) is 1. The summed E-state index contributed by atoms with van der Waals surface area (Å²) < 4.78 is 31.9. The highest BCUT2D eigenvalue weighted by Crippen LogP contribution is 2.41. The number of rotatable bonds is 8. The van der Waals surface area contributed by atoms with Crippen LogP contribution in [0.3, 0.4) is 0 Å². The lowest BCUT2D eigenvalue weighted by molar-refractivity contribution is -0.135. The minimum atomic E-state index is -0.386. The number of phenolic OH excluding ortho intramolecular Hbond substituents is 1. The standard InChI is InChI=1S/C23H26O8/c1-26-17-8-14(9-18(27-2)21(17)24)7-16-15(12-31-23(16)25)6-13-10-19(28-3)22(30-5)20(11-13)29-4/h7-11,15,24H,6,12H2,1-5H3/t15-/m0/s1. The number of cyclic esters (lactones) is 1. The van der Waals surface area contributed by atoms with Gasteiger partial charge in [0, 0.05) is 11.5 Å². The summed E-state index contributed by atoms with van der Waals surface area (Å²) in [7, 11) is 7.55. The molecule has 1 saturated heterocycles. The first-order valence-electron chi connectivity index (χ1n) is 9.58. The first-order chi connectivity index (χ1) is 14.9. The number of benzene rings is 2. The van der Waals surface area contributed by atoms with Gasteiger partial charge in [-0.25, -0.2) is 4.79 Å². The summed E-state index contributed by atoms with van der Waals surface area (Å²) in [5.74, 6) is 1.42. The van der Waals surface area contributed by atoms with Crippen molar-refractivity contribution in [2.45, 2.75) is 6.42 Å². The highest BCUT2D eigenvalue weighted by molar-refractivity contribution is 5.96. The molecule has 166 valence electrons. The Kier molecular flexibility index (Phi) is 6.79. The fourth-order valence-electron chi connectivity index (χ4n) is 3.58. The fraction of sp³-hybridized carbons (Fsp3) is 0.348. The van der Waals surface area contributed by atoms with Gasteiger partial charge in [0.15, 0.2) is 23.0 Å². The topological polar surface area (TPSA) is 92.7 Å². The van der Waals surface area contributed by atoms with Crippen molar-refractivity contribution in [3.05, 3.63) is 41.0 Å². The average Bonchev–Trinajstić information content (AvgIpc) is 3.12. The summed E-state index contributed by atoms with van der Waals surface area (Å²) in [5, 5.41) is 10.1. The lowest BCUT2D eigenvalue weighted by Crippen LogP contribution is -2.08. The van der Waals surface area contributed by atoms with Gasteiger partial charge in [0.25, 0.3) is 0 Å². The molecule has 1 aliphatic heterocycles. The van der Waals surface area contributed by atoms with Gasteiger partial charge >= 0.3 is 5.97 Å². The maximum Gasteiger partial charge on any atom is 0.334 e. The van der Waals surface area contributed by atoms with E-state index in [9.17, 15) is 9.90 Å². The number of hydrogen-bond acceptors (Lipinski definition) is 8. The highest BCUT2D eigenvalue weighted by atomic mass is 16.5. The molecule has 0 aliphatic carbocycles. The largest absolute Gasteiger partial charge is 0.502 e. The molecule has 1 fully saturated rings. The fourth-order valence-corrected chi connectivity index (χ4v) is 3.58. The van der Waals surface area contributed by atoms with E-state index in [0.29, 0.717) is 34.8 Å². The van der Waals surface area contributed by atoms with Crippen molar-refractivity contribution in [1.82, 2.24) is 0 Å². The van der Waals surface area contributed by atoms with E-state index in [1.165, 1.54) is 14.2 Å². The third-order valence-corrected chi connectivity index (χ3v) is 5.12. The molecule has 0 bridgehead atoms. The molecule has 0 unspecified atom stereocenters. The molecule has 0 radical (unpaired) electrons. The SMILES string of the molecule is COc1cc(C=C2C(=O)OC[C@@H]2Cc2cc(OC)c(OC)c(OC)c2)cc(OC)c1O. The normalized spacial score (nSPS) is 16.7. The molecule has 0 aromatic heterocycles. The van der Waals surface area contributed by atoms with Crippen molar-refractivity contribution in [2.24, 2.45) is 5.92 Å². The zero-order chi connectivity index (χ0) is 22.5. The zero-order valence-electron chi connectivity index (χ0n) is 18.2. The summed E-state index contributed by atoms with van der Waals surface area (Å²) in [5.41, 5.74) is 2.07. The molecule has 31 heavy (non-hydrogen) atoms. The summed E-state index contributed by atoms with van der Waals surface area (Å²) in [4.78, 5) is 12.4. The second-order valence-electron chi connectivity index (χ2n) is 6.91. The van der Waals surface area contributed by atoms with E-state index in [4.69, 9.17) is 28.4 Å². The molecule has 1 heterocycles. The van der Waals surface area contributed by atoms with E-state index in [1.807, 2.05) is 12.1 Å². The Hall–Kier alpha value is -3.55. The molecule has 2 aromatic carbocycles. The van der Waals surface area contributed by atoms with Crippen LogP contribution in [0.15, 0.2) is 29.8 Å². The average molecular weight is 430 g/mol. The number of carbonyl (C=O) groups is 1. The van der Waals surface area contributed by atoms with Crippen LogP contribution in [0.4, 0.5) is 0 Å². The molecule has 0 saturated carbocycles. The number of esters is 1. The molecule has 1 aliphatic rings. The smallest absolute Gasteiger partial charge is 0.334 e. The zero-order valence-corrected chi connectivity index (χ0v) is 18.2. The Balaban J connectivity index is 1.96. The quantitative estimate of drug-likeness (QED) is 0.504. The van der Waals surface area contributed by atoms with Gasteiger partial charge < -0.3 is 33.5 Å². The molecule has 0 spiro atoms. The van der Waals surface area contributed by atoms with Crippen LogP contribution in [0.2, 0.25) is 0 Å². The molecule has 1 atom stereocenters. The van der Waals surface area contributed by atoms with Crippen LogP contribution in [-0.4, -0.2) is 53.2 Å². The van der Waals surface area contributed by atoms with Crippen LogP contribution in [0.5, 0.6) is 34.5 Å². The second kappa shape index (κ2) is 9.51. The Morgan fingerprint density at radius 2 is 1.45 bits per heavy atom. The lowest BCUT2D eigenvalue weighted by Gasteiger charge is -2.16. The molecule has 3 rings (SSSR count). The Labute approximate surface area is 180 Å². The molecule has 2 aromatic rings. The molecular formula is C23H26O8. The van der Waals surface area contributed by atoms with Crippen LogP contribution in [0.1, 0.15) is 11.1 Å². The third kappa shape index (κ3) is 4.47. The van der Waals surface area contributed by atoms with Crippen LogP contribution in [-0.2, 0) is 16.0 Å². The Morgan fingerprint density at radius 3 is 1.94 bits per heavy atom. The maximum absolute atomic E-state index is 12.4. The minimum absolute atomic E-state index is 0.102. The van der Waals surface area contributed by atoms with Crippen molar-refractivity contribution in [1.29, 1.82) is 0 Å². The number of methoxy groups -OCH3 is 5. The summed E-state index contributed by atoms with van der Waals surface area (Å²) in [6.45, 7) is 0.258. The Morgan fingerprint density at radius 1 is 0.903 bits per heavy atom. The van der Waals surface area contributed by atoms with Crippen LogP contribution in [0, 0.1) is 5.92 Å². The Bertz CT molecular complexity index is 945. The van der Waals surface area contributed by atoms with Crippen LogP contribution < -0.4 is 23.7 Å². The van der Waals surface area contributed by atoms with E-state index in [0.717, 1.165) is 5.56 Å². The first kappa shape index (κ1) is 22.1. The second-order valence-corrected chi connectivity index (χ2v) is 6.91. The van der Waals surface area contributed by atoms with Crippen molar-refractivity contribution >= 4 is 12.0 Å². The molecule has 0 amide bonds. The van der Waals surface area contributed by atoms with E-state index in [-0.39, 0.29) is 35.7 Å². The lowest BCUT2D eigenvalue weighted by atomic mass is 9.92. The van der Waals surface area contributed by atoms with E-state index >= 15 is 0 Å². The van der Waals surface area contributed by atoms with Crippen molar-refractivity contribution < 1.29 is 38.3 Å². The third-order valence-electron chi connectivity index (χ3n) is 5.12. The maximum atomic E-state index is 12.4. The van der Waals surface area contributed by atoms with Gasteiger partial charge in [-0.05, 0) is 47.9 Å². The van der Waals surface area contributed by atoms with E-state index in [1.54, 1.807) is 39.5 Å². The molecule has 8 heteroatoms. The van der Waals surface area contributed by atoms with Crippen LogP contribution in [0.25, 0.3) is 6.08 Å². The van der Waals surface area contributed by atoms with Gasteiger partial charge in [-0.15, -0.1) is 0 Å². The van der Waals surface area contributed by atoms with Crippen molar-refractivity contribution in [2.75, 3.05) is 42.2 Å². The number of ether oxygens (including phenoxy) is 6. The first-order valence-corrected chi connectivity index (χ1v) is 9.58. The summed E-state index contributed by atoms with van der Waals surface area (Å²) in [6, 6.07) is 6.97. The number of carbonyl (C=O) groups excluding carboxylic acids is 1. The van der Waals surface area contributed by atoms with Gasteiger partial charge in [0.1, 0.15) is 0 Å². The molecule has 1 N–H and O–H groups in total. The predicted molar refractivity (Wildman–Crippen MR) is 113 cm³/mol. The molecular weight excluding hydrogens is 404 g/mol. The van der Waals surface area contributed by atoms with Gasteiger partial charge in [-0.1, -0.05) is 0 Å². The van der Waals surface area contributed by atoms with Crippen LogP contribution >= 0.6 is 0 Å². The predicted octanol–water partition coefficient (Wildman–Crippen LogP) is 3.23. The van der Waals surface area contributed by atoms with Crippen molar-refractivity contribution in [3.8, 4) is 34.5 Å². The van der Waals surface area contributed by atoms with E-state index in [2.05, 4.69) is 0 Å². The van der Waals surface area contributed by atoms with Gasteiger partial charge in [0.2, 0.25) is 11.5 Å².